The molecule has 0 bridgehead atoms. The van der Waals surface area contributed by atoms with Gasteiger partial charge in [0.05, 0.1) is 10.6 Å². The number of thiophene rings is 1. The third-order valence-corrected chi connectivity index (χ3v) is 5.55. The predicted octanol–water partition coefficient (Wildman–Crippen LogP) is 3.86. The number of nitrogens with zero attached hydrogens (tertiary/aromatic N) is 1. The first-order valence-electron chi connectivity index (χ1n) is 7.22. The van der Waals surface area contributed by atoms with Crippen molar-refractivity contribution in [1.29, 1.82) is 0 Å². The van der Waals surface area contributed by atoms with Crippen LogP contribution >= 0.6 is 11.3 Å². The van der Waals surface area contributed by atoms with Crippen LogP contribution in [0.25, 0.3) is 10.4 Å². The Kier molecular flexibility index (Phi) is 4.51. The van der Waals surface area contributed by atoms with E-state index in [4.69, 9.17) is 5.73 Å². The molecule has 2 aromatic carbocycles. The average molecular weight is 356 g/mol. The molecule has 0 radical (unpaired) electrons. The van der Waals surface area contributed by atoms with Crippen LogP contribution < -0.4 is 5.73 Å². The van der Waals surface area contributed by atoms with Crippen molar-refractivity contribution in [2.45, 2.75) is 4.90 Å². The summed E-state index contributed by atoms with van der Waals surface area (Å²) < 4.78 is 22.9. The first-order valence-corrected chi connectivity index (χ1v) is 9.99. The van der Waals surface area contributed by atoms with Crippen LogP contribution in [0, 0.1) is 0 Å². The van der Waals surface area contributed by atoms with Gasteiger partial charge in [-0.1, -0.05) is 30.3 Å². The summed E-state index contributed by atoms with van der Waals surface area (Å²) in [6.07, 6.45) is 1.18. The molecule has 0 fully saturated rings. The second-order valence-electron chi connectivity index (χ2n) is 5.32. The molecule has 2 N–H and O–H groups in total. The lowest BCUT2D eigenvalue weighted by molar-refractivity contribution is 0.602. The SMILES string of the molecule is CS(=O)(=O)c1ccc(N=C(N)c2ccc(-c3cccs3)cc2)cc1. The van der Waals surface area contributed by atoms with E-state index in [0.29, 0.717) is 11.5 Å². The minimum absolute atomic E-state index is 0.264. The number of hydrogen-bond acceptors (Lipinski definition) is 4. The van der Waals surface area contributed by atoms with Gasteiger partial charge in [0.2, 0.25) is 0 Å². The molecule has 1 aromatic heterocycles. The van der Waals surface area contributed by atoms with Gasteiger partial charge in [0, 0.05) is 16.7 Å². The number of rotatable bonds is 4. The second-order valence-corrected chi connectivity index (χ2v) is 8.28. The minimum Gasteiger partial charge on any atom is -0.383 e. The van der Waals surface area contributed by atoms with Gasteiger partial charge in [0.25, 0.3) is 0 Å². The van der Waals surface area contributed by atoms with E-state index in [-0.39, 0.29) is 4.90 Å². The van der Waals surface area contributed by atoms with Crippen LogP contribution in [0.1, 0.15) is 5.56 Å². The van der Waals surface area contributed by atoms with Gasteiger partial charge in [0.15, 0.2) is 9.84 Å². The molecule has 1 heterocycles. The van der Waals surface area contributed by atoms with Gasteiger partial charge >= 0.3 is 0 Å². The lowest BCUT2D eigenvalue weighted by atomic mass is 10.1. The van der Waals surface area contributed by atoms with E-state index in [1.54, 1.807) is 23.5 Å². The van der Waals surface area contributed by atoms with Gasteiger partial charge in [0.1, 0.15) is 5.84 Å². The Hall–Kier alpha value is -2.44. The number of sulfone groups is 1. The van der Waals surface area contributed by atoms with Crippen molar-refractivity contribution in [1.82, 2.24) is 0 Å². The highest BCUT2D eigenvalue weighted by Crippen LogP contribution is 2.25. The molecule has 0 atom stereocenters. The van der Waals surface area contributed by atoms with Crippen LogP contribution in [0.3, 0.4) is 0 Å². The summed E-state index contributed by atoms with van der Waals surface area (Å²) in [6.45, 7) is 0. The van der Waals surface area contributed by atoms with Crippen molar-refractivity contribution in [3.63, 3.8) is 0 Å². The summed E-state index contributed by atoms with van der Waals surface area (Å²) in [7, 11) is -3.21. The van der Waals surface area contributed by atoms with Crippen molar-refractivity contribution in [2.75, 3.05) is 6.26 Å². The van der Waals surface area contributed by atoms with E-state index in [1.807, 2.05) is 35.7 Å². The molecule has 0 saturated carbocycles. The highest BCUT2D eigenvalue weighted by Gasteiger charge is 2.06. The molecule has 0 aliphatic carbocycles. The monoisotopic (exact) mass is 356 g/mol. The molecule has 3 aromatic rings. The molecule has 4 nitrogen and oxygen atoms in total. The predicted molar refractivity (Wildman–Crippen MR) is 99.7 cm³/mol. The lowest BCUT2D eigenvalue weighted by Gasteiger charge is -2.04. The van der Waals surface area contributed by atoms with Crippen molar-refractivity contribution >= 4 is 32.7 Å². The molecule has 3 rings (SSSR count). The van der Waals surface area contributed by atoms with Crippen LogP contribution in [0.2, 0.25) is 0 Å². The van der Waals surface area contributed by atoms with E-state index in [2.05, 4.69) is 11.1 Å². The van der Waals surface area contributed by atoms with E-state index < -0.39 is 9.84 Å². The maximum atomic E-state index is 11.5. The minimum atomic E-state index is -3.21. The lowest BCUT2D eigenvalue weighted by Crippen LogP contribution is -2.12. The molecule has 24 heavy (non-hydrogen) atoms. The van der Waals surface area contributed by atoms with E-state index in [9.17, 15) is 8.42 Å². The van der Waals surface area contributed by atoms with Gasteiger partial charge in [-0.2, -0.15) is 0 Å². The largest absolute Gasteiger partial charge is 0.383 e. The summed E-state index contributed by atoms with van der Waals surface area (Å²) in [5.74, 6) is 0.389. The van der Waals surface area contributed by atoms with E-state index in [1.165, 1.54) is 23.3 Å². The van der Waals surface area contributed by atoms with Gasteiger partial charge in [-0.05, 0) is 41.3 Å². The quantitative estimate of drug-likeness (QED) is 0.570. The first kappa shape index (κ1) is 16.4. The summed E-state index contributed by atoms with van der Waals surface area (Å²) in [4.78, 5) is 5.81. The first-order chi connectivity index (χ1) is 11.4. The number of hydrogen-bond donors (Lipinski definition) is 1. The Balaban J connectivity index is 1.83. The van der Waals surface area contributed by atoms with Crippen molar-refractivity contribution in [3.8, 4) is 10.4 Å². The fourth-order valence-electron chi connectivity index (χ4n) is 2.22. The number of aliphatic imine (C=N–C) groups is 1. The number of benzene rings is 2. The molecule has 0 aliphatic heterocycles. The third-order valence-electron chi connectivity index (χ3n) is 3.50. The molecule has 0 unspecified atom stereocenters. The van der Waals surface area contributed by atoms with Gasteiger partial charge < -0.3 is 5.73 Å². The number of amidine groups is 1. The summed E-state index contributed by atoms with van der Waals surface area (Å²) in [5.41, 5.74) is 8.63. The fourth-order valence-corrected chi connectivity index (χ4v) is 3.58. The van der Waals surface area contributed by atoms with Gasteiger partial charge in [-0.15, -0.1) is 11.3 Å². The Morgan fingerprint density at radius 1 is 1.00 bits per heavy atom. The molecular formula is C18H16N2O2S2. The Morgan fingerprint density at radius 3 is 2.21 bits per heavy atom. The Labute approximate surface area is 145 Å². The maximum Gasteiger partial charge on any atom is 0.175 e. The fraction of sp³-hybridized carbons (Fsp3) is 0.0556. The third kappa shape index (κ3) is 3.72. The smallest absolute Gasteiger partial charge is 0.175 e. The summed E-state index contributed by atoms with van der Waals surface area (Å²) >= 11 is 1.69. The van der Waals surface area contributed by atoms with Gasteiger partial charge in [-0.3, -0.25) is 0 Å². The van der Waals surface area contributed by atoms with E-state index in [0.717, 1.165) is 11.1 Å². The Bertz CT molecular complexity index is 957. The topological polar surface area (TPSA) is 72.5 Å². The maximum absolute atomic E-state index is 11.5. The molecular weight excluding hydrogens is 340 g/mol. The molecule has 6 heteroatoms. The molecule has 0 aliphatic rings. The van der Waals surface area contributed by atoms with Crippen LogP contribution in [0.15, 0.2) is 75.9 Å². The summed E-state index contributed by atoms with van der Waals surface area (Å²) in [6, 6.07) is 18.3. The van der Waals surface area contributed by atoms with Crippen LogP contribution in [0.4, 0.5) is 5.69 Å². The highest BCUT2D eigenvalue weighted by atomic mass is 32.2. The van der Waals surface area contributed by atoms with Crippen molar-refractivity contribution in [3.05, 3.63) is 71.6 Å². The zero-order valence-electron chi connectivity index (χ0n) is 13.0. The van der Waals surface area contributed by atoms with Crippen LogP contribution in [0.5, 0.6) is 0 Å². The van der Waals surface area contributed by atoms with Crippen molar-refractivity contribution < 1.29 is 8.42 Å². The standard InChI is InChI=1S/C18H16N2O2S2/c1-24(21,22)16-10-8-15(9-11-16)20-18(19)14-6-4-13(5-7-14)17-3-2-12-23-17/h2-12H,1H3,(H2,19,20). The molecule has 122 valence electrons. The van der Waals surface area contributed by atoms with Crippen LogP contribution in [-0.2, 0) is 9.84 Å². The second kappa shape index (κ2) is 6.59. The zero-order chi connectivity index (χ0) is 17.2. The zero-order valence-corrected chi connectivity index (χ0v) is 14.6. The van der Waals surface area contributed by atoms with Crippen LogP contribution in [-0.4, -0.2) is 20.5 Å². The highest BCUT2D eigenvalue weighted by molar-refractivity contribution is 7.90. The van der Waals surface area contributed by atoms with Crippen molar-refractivity contribution in [2.24, 2.45) is 10.7 Å². The normalized spacial score (nSPS) is 12.3. The Morgan fingerprint density at radius 2 is 1.67 bits per heavy atom. The average Bonchev–Trinajstić information content (AvgIpc) is 3.09. The van der Waals surface area contributed by atoms with E-state index >= 15 is 0 Å². The van der Waals surface area contributed by atoms with Gasteiger partial charge in [-0.25, -0.2) is 13.4 Å². The summed E-state index contributed by atoms with van der Waals surface area (Å²) in [5, 5.41) is 2.04. The molecule has 0 amide bonds. The molecule has 0 saturated heterocycles. The number of nitrogens with two attached hydrogens (primary N) is 1. The molecule has 0 spiro atoms.